The van der Waals surface area contributed by atoms with Crippen molar-refractivity contribution in [2.24, 2.45) is 7.05 Å². The number of para-hydroxylation sites is 2. The van der Waals surface area contributed by atoms with Gasteiger partial charge in [0.1, 0.15) is 0 Å². The average molecular weight is 400 g/mol. The number of hydrogen-bond acceptors (Lipinski definition) is 0. The summed E-state index contributed by atoms with van der Waals surface area (Å²) < 4.78 is 2.25. The van der Waals surface area contributed by atoms with Gasteiger partial charge >= 0.3 is 0 Å². The van der Waals surface area contributed by atoms with Gasteiger partial charge in [-0.25, -0.2) is 9.55 Å². The van der Waals surface area contributed by atoms with Crippen molar-refractivity contribution in [2.45, 2.75) is 40.4 Å². The van der Waals surface area contributed by atoms with Crippen LogP contribution in [0.2, 0.25) is 19.6 Å². The van der Waals surface area contributed by atoms with E-state index in [1.54, 1.807) is 0 Å². The second-order valence-corrected chi connectivity index (χ2v) is 14.4. The number of benzene rings is 3. The number of aromatic nitrogens is 2. The molecule has 3 aromatic carbocycles. The minimum Gasteiger partial charge on any atom is -0.236 e. The maximum Gasteiger partial charge on any atom is 0.287 e. The molecule has 1 heterocycles. The number of H-pyrrole nitrogens is 1. The average Bonchev–Trinajstić information content (AvgIpc) is 2.97. The normalized spacial score (nSPS) is 12.0. The number of hydrogen-bond donors (Lipinski definition) is 1. The van der Waals surface area contributed by atoms with Gasteiger partial charge < -0.3 is 0 Å². The maximum atomic E-state index is 3.59. The molecule has 29 heavy (non-hydrogen) atoms. The Bertz CT molecular complexity index is 1200. The first kappa shape index (κ1) is 19.7. The summed E-state index contributed by atoms with van der Waals surface area (Å²) in [5, 5.41) is 1.54. The lowest BCUT2D eigenvalue weighted by atomic mass is 9.93. The van der Waals surface area contributed by atoms with E-state index in [0.29, 0.717) is 0 Å². The number of fused-ring (bicyclic) bond motifs is 1. The topological polar surface area (TPSA) is 19.7 Å². The Morgan fingerprint density at radius 3 is 2.03 bits per heavy atom. The molecule has 0 spiro atoms. The van der Waals surface area contributed by atoms with E-state index < -0.39 is 8.07 Å². The van der Waals surface area contributed by atoms with Gasteiger partial charge in [0.15, 0.2) is 11.0 Å². The smallest absolute Gasteiger partial charge is 0.236 e. The lowest BCUT2D eigenvalue weighted by Crippen LogP contribution is -2.38. The minimum absolute atomic E-state index is 1.15. The molecule has 4 rings (SSSR count). The third kappa shape index (κ3) is 3.44. The van der Waals surface area contributed by atoms with Gasteiger partial charge in [-0.15, -0.1) is 0 Å². The second kappa shape index (κ2) is 6.99. The molecule has 0 unspecified atom stereocenters. The molecule has 0 saturated carbocycles. The minimum atomic E-state index is -1.31. The zero-order chi connectivity index (χ0) is 20.9. The first-order valence-electron chi connectivity index (χ1n) is 10.4. The molecule has 0 amide bonds. The van der Waals surface area contributed by atoms with Crippen molar-refractivity contribution in [2.75, 3.05) is 0 Å². The van der Waals surface area contributed by atoms with Crippen LogP contribution in [0.3, 0.4) is 0 Å². The monoisotopic (exact) mass is 399 g/mol. The molecule has 1 aromatic heterocycles. The van der Waals surface area contributed by atoms with Crippen molar-refractivity contribution < 1.29 is 4.57 Å². The molecule has 0 fully saturated rings. The molecule has 4 aromatic rings. The molecule has 0 aliphatic rings. The third-order valence-corrected chi connectivity index (χ3v) is 8.04. The summed E-state index contributed by atoms with van der Waals surface area (Å²) in [5.41, 5.74) is 10.4. The van der Waals surface area contributed by atoms with Crippen LogP contribution in [0.25, 0.3) is 33.5 Å². The Morgan fingerprint density at radius 1 is 0.793 bits per heavy atom. The molecule has 0 aliphatic heterocycles. The lowest BCUT2D eigenvalue weighted by molar-refractivity contribution is -0.633. The Labute approximate surface area is 175 Å². The number of imidazole rings is 1. The van der Waals surface area contributed by atoms with Gasteiger partial charge in [0.25, 0.3) is 5.82 Å². The van der Waals surface area contributed by atoms with Gasteiger partial charge in [-0.2, -0.15) is 0 Å². The predicted molar refractivity (Wildman–Crippen MR) is 128 cm³/mol. The van der Waals surface area contributed by atoms with Gasteiger partial charge in [-0.05, 0) is 66.8 Å². The maximum absolute atomic E-state index is 3.59. The fraction of sp³-hybridized carbons (Fsp3) is 0.269. The molecule has 1 N–H and O–H groups in total. The van der Waals surface area contributed by atoms with Crippen molar-refractivity contribution in [1.29, 1.82) is 0 Å². The Balaban J connectivity index is 1.81. The van der Waals surface area contributed by atoms with E-state index in [1.807, 2.05) is 0 Å². The fourth-order valence-electron chi connectivity index (χ4n) is 4.39. The zero-order valence-electron chi connectivity index (χ0n) is 18.6. The number of rotatable bonds is 3. The molecule has 0 atom stereocenters. The summed E-state index contributed by atoms with van der Waals surface area (Å²) >= 11 is 0. The Hall–Kier alpha value is -2.65. The molecular weight excluding hydrogens is 368 g/mol. The highest BCUT2D eigenvalue weighted by Gasteiger charge is 2.21. The van der Waals surface area contributed by atoms with E-state index >= 15 is 0 Å². The van der Waals surface area contributed by atoms with E-state index in [4.69, 9.17) is 0 Å². The molecule has 0 aliphatic carbocycles. The first-order chi connectivity index (χ1) is 13.7. The fourth-order valence-corrected chi connectivity index (χ4v) is 5.69. The summed E-state index contributed by atoms with van der Waals surface area (Å²) in [5.74, 6) is 1.15. The molecule has 0 bridgehead atoms. The van der Waals surface area contributed by atoms with Crippen molar-refractivity contribution >= 4 is 24.3 Å². The van der Waals surface area contributed by atoms with Crippen molar-refractivity contribution in [3.05, 3.63) is 71.3 Å². The zero-order valence-corrected chi connectivity index (χ0v) is 19.6. The van der Waals surface area contributed by atoms with Gasteiger partial charge in [0.05, 0.1) is 20.7 Å². The van der Waals surface area contributed by atoms with Crippen LogP contribution in [0.15, 0.2) is 54.6 Å². The molecule has 0 saturated heterocycles. The van der Waals surface area contributed by atoms with E-state index in [2.05, 4.69) is 112 Å². The number of aromatic amines is 1. The third-order valence-electron chi connectivity index (χ3n) is 6.02. The van der Waals surface area contributed by atoms with Crippen LogP contribution in [0.1, 0.15) is 16.7 Å². The van der Waals surface area contributed by atoms with Crippen LogP contribution in [-0.2, 0) is 7.05 Å². The van der Waals surface area contributed by atoms with Gasteiger partial charge in [-0.3, -0.25) is 0 Å². The molecular formula is C26H31N2Si+. The second-order valence-electron chi connectivity index (χ2n) is 9.31. The SMILES string of the molecule is Cc1cc(-c2c(C)cc([Si](C)(C)C)cc2C)ccc1-c1[nH]c2ccccc2[n+]1C. The summed E-state index contributed by atoms with van der Waals surface area (Å²) in [4.78, 5) is 3.59. The van der Waals surface area contributed by atoms with Crippen LogP contribution in [0.4, 0.5) is 0 Å². The quantitative estimate of drug-likeness (QED) is 0.332. The highest BCUT2D eigenvalue weighted by molar-refractivity contribution is 6.88. The van der Waals surface area contributed by atoms with Crippen LogP contribution >= 0.6 is 0 Å². The highest BCUT2D eigenvalue weighted by atomic mass is 28.3. The molecule has 2 nitrogen and oxygen atoms in total. The number of aryl methyl sites for hydroxylation is 4. The Kier molecular flexibility index (Phi) is 4.74. The summed E-state index contributed by atoms with van der Waals surface area (Å²) in [6, 6.07) is 20.2. The van der Waals surface area contributed by atoms with Gasteiger partial charge in [0, 0.05) is 0 Å². The molecule has 0 radical (unpaired) electrons. The predicted octanol–water partition coefficient (Wildman–Crippen LogP) is 5.80. The highest BCUT2D eigenvalue weighted by Crippen LogP contribution is 2.31. The lowest BCUT2D eigenvalue weighted by Gasteiger charge is -2.21. The van der Waals surface area contributed by atoms with E-state index in [1.165, 1.54) is 49.6 Å². The van der Waals surface area contributed by atoms with Crippen LogP contribution in [-0.4, -0.2) is 13.1 Å². The van der Waals surface area contributed by atoms with Crippen LogP contribution < -0.4 is 9.75 Å². The van der Waals surface area contributed by atoms with E-state index in [9.17, 15) is 0 Å². The van der Waals surface area contributed by atoms with Crippen LogP contribution in [0, 0.1) is 20.8 Å². The van der Waals surface area contributed by atoms with Gasteiger partial charge in [-0.1, -0.05) is 61.2 Å². The first-order valence-corrected chi connectivity index (χ1v) is 13.9. The summed E-state index contributed by atoms with van der Waals surface area (Å²) in [7, 11) is 0.816. The largest absolute Gasteiger partial charge is 0.287 e. The number of nitrogens with zero attached hydrogens (tertiary/aromatic N) is 1. The van der Waals surface area contributed by atoms with E-state index in [0.717, 1.165) is 5.82 Å². The van der Waals surface area contributed by atoms with Crippen molar-refractivity contribution in [3.63, 3.8) is 0 Å². The molecule has 3 heteroatoms. The Morgan fingerprint density at radius 2 is 1.45 bits per heavy atom. The van der Waals surface area contributed by atoms with Crippen LogP contribution in [0.5, 0.6) is 0 Å². The summed E-state index contributed by atoms with van der Waals surface area (Å²) in [6.07, 6.45) is 0. The van der Waals surface area contributed by atoms with E-state index in [-0.39, 0.29) is 0 Å². The molecule has 148 valence electrons. The van der Waals surface area contributed by atoms with Crippen molar-refractivity contribution in [3.8, 4) is 22.5 Å². The van der Waals surface area contributed by atoms with Gasteiger partial charge in [0.2, 0.25) is 0 Å². The standard InChI is InChI=1S/C26H30N2Si/c1-17-14-20(25-18(2)15-21(16-19(25)3)29(5,6)7)12-13-22(17)26-27-23-10-8-9-11-24(23)28(26)4/h8-16H,1-7H3/p+1. The summed E-state index contributed by atoms with van der Waals surface area (Å²) in [6.45, 7) is 14.0. The van der Waals surface area contributed by atoms with Crippen molar-refractivity contribution in [1.82, 2.24) is 4.98 Å². The number of nitrogens with one attached hydrogen (secondary N) is 1.